The second-order valence-electron chi connectivity index (χ2n) is 4.35. The Hall–Kier alpha value is -0.910. The van der Waals surface area contributed by atoms with Crippen molar-refractivity contribution < 1.29 is 14.2 Å². The summed E-state index contributed by atoms with van der Waals surface area (Å²) >= 11 is 1.83. The molecule has 1 aromatic rings. The van der Waals surface area contributed by atoms with Crippen LogP contribution < -0.4 is 14.8 Å². The molecule has 0 bridgehead atoms. The quantitative estimate of drug-likeness (QED) is 0.636. The van der Waals surface area contributed by atoms with Crippen molar-refractivity contribution in [3.8, 4) is 11.5 Å². The summed E-state index contributed by atoms with van der Waals surface area (Å²) in [6, 6.07) is 6.06. The Morgan fingerprint density at radius 3 is 2.70 bits per heavy atom. The average molecular weight is 299 g/mol. The molecule has 0 aromatic heterocycles. The Kier molecular flexibility index (Phi) is 9.28. The Morgan fingerprint density at radius 2 is 2.00 bits per heavy atom. The van der Waals surface area contributed by atoms with Gasteiger partial charge in [-0.3, -0.25) is 0 Å². The third-order valence-corrected chi connectivity index (χ3v) is 3.49. The molecule has 0 spiro atoms. The van der Waals surface area contributed by atoms with Gasteiger partial charge < -0.3 is 19.5 Å². The first-order chi connectivity index (χ1) is 9.81. The smallest absolute Gasteiger partial charge is 0.161 e. The highest BCUT2D eigenvalue weighted by Crippen LogP contribution is 2.28. The summed E-state index contributed by atoms with van der Waals surface area (Å²) in [6.07, 6.45) is 3.15. The first kappa shape index (κ1) is 17.1. The predicted molar refractivity (Wildman–Crippen MR) is 85.1 cm³/mol. The van der Waals surface area contributed by atoms with Gasteiger partial charge >= 0.3 is 0 Å². The number of ether oxygens (including phenoxy) is 3. The van der Waals surface area contributed by atoms with Crippen LogP contribution in [0.5, 0.6) is 11.5 Å². The van der Waals surface area contributed by atoms with Crippen LogP contribution in [0.4, 0.5) is 0 Å². The maximum Gasteiger partial charge on any atom is 0.161 e. The van der Waals surface area contributed by atoms with Crippen LogP contribution in [0.15, 0.2) is 18.2 Å². The van der Waals surface area contributed by atoms with Crippen molar-refractivity contribution in [2.75, 3.05) is 46.0 Å². The third kappa shape index (κ3) is 6.50. The number of thioether (sulfide) groups is 1. The van der Waals surface area contributed by atoms with Crippen molar-refractivity contribution in [3.05, 3.63) is 23.8 Å². The predicted octanol–water partition coefficient (Wildman–Crippen LogP) is 2.56. The van der Waals surface area contributed by atoms with Gasteiger partial charge in [0, 0.05) is 20.2 Å². The van der Waals surface area contributed by atoms with Gasteiger partial charge in [0.05, 0.1) is 20.3 Å². The van der Waals surface area contributed by atoms with Crippen LogP contribution in [0, 0.1) is 0 Å². The Bertz CT molecular complexity index is 374. The molecule has 0 saturated carbocycles. The molecule has 1 N–H and O–H groups in total. The molecule has 0 aliphatic carbocycles. The van der Waals surface area contributed by atoms with E-state index in [0.29, 0.717) is 6.61 Å². The molecule has 0 radical (unpaired) electrons. The van der Waals surface area contributed by atoms with Gasteiger partial charge in [-0.15, -0.1) is 0 Å². The first-order valence-corrected chi connectivity index (χ1v) is 8.19. The molecular weight excluding hydrogens is 274 g/mol. The van der Waals surface area contributed by atoms with Crippen molar-refractivity contribution in [2.45, 2.75) is 13.0 Å². The van der Waals surface area contributed by atoms with Crippen molar-refractivity contribution in [3.63, 3.8) is 0 Å². The van der Waals surface area contributed by atoms with E-state index in [1.54, 1.807) is 14.2 Å². The summed E-state index contributed by atoms with van der Waals surface area (Å²) in [6.45, 7) is 3.08. The van der Waals surface area contributed by atoms with Gasteiger partial charge in [-0.05, 0) is 36.1 Å². The number of hydrogen-bond donors (Lipinski definition) is 1. The summed E-state index contributed by atoms with van der Waals surface area (Å²) in [4.78, 5) is 0. The van der Waals surface area contributed by atoms with E-state index in [4.69, 9.17) is 14.2 Å². The van der Waals surface area contributed by atoms with E-state index in [0.717, 1.165) is 43.4 Å². The van der Waals surface area contributed by atoms with Crippen LogP contribution in [-0.4, -0.2) is 46.0 Å². The average Bonchev–Trinajstić information content (AvgIpc) is 2.49. The summed E-state index contributed by atoms with van der Waals surface area (Å²) < 4.78 is 16.1. The zero-order chi connectivity index (χ0) is 14.6. The molecule has 0 aliphatic heterocycles. The molecule has 114 valence electrons. The highest BCUT2D eigenvalue weighted by atomic mass is 32.2. The molecule has 5 heteroatoms. The second-order valence-corrected chi connectivity index (χ2v) is 5.34. The molecule has 0 atom stereocenters. The van der Waals surface area contributed by atoms with Crippen molar-refractivity contribution >= 4 is 11.8 Å². The summed E-state index contributed by atoms with van der Waals surface area (Å²) in [5, 5.41) is 3.31. The summed E-state index contributed by atoms with van der Waals surface area (Å²) in [5.41, 5.74) is 1.18. The molecule has 0 amide bonds. The molecule has 0 saturated heterocycles. The van der Waals surface area contributed by atoms with Gasteiger partial charge in [0.1, 0.15) is 0 Å². The van der Waals surface area contributed by atoms with Crippen LogP contribution in [0.2, 0.25) is 0 Å². The zero-order valence-corrected chi connectivity index (χ0v) is 13.4. The standard InChI is InChI=1S/C15H25NO3S/c1-17-9-7-16-12-13-5-6-14(15(11-13)18-2)19-8-4-10-20-3/h5-6,11,16H,4,7-10,12H2,1-3H3. The molecule has 0 fully saturated rings. The number of benzene rings is 1. The minimum Gasteiger partial charge on any atom is -0.493 e. The first-order valence-electron chi connectivity index (χ1n) is 6.80. The third-order valence-electron chi connectivity index (χ3n) is 2.79. The minimum absolute atomic E-state index is 0.716. The minimum atomic E-state index is 0.716. The fourth-order valence-electron chi connectivity index (χ4n) is 1.73. The lowest BCUT2D eigenvalue weighted by Gasteiger charge is -2.12. The van der Waals surface area contributed by atoms with E-state index < -0.39 is 0 Å². The van der Waals surface area contributed by atoms with Gasteiger partial charge in [0.15, 0.2) is 11.5 Å². The largest absolute Gasteiger partial charge is 0.493 e. The van der Waals surface area contributed by atoms with Crippen LogP contribution in [0.25, 0.3) is 0 Å². The lowest BCUT2D eigenvalue weighted by molar-refractivity contribution is 0.199. The van der Waals surface area contributed by atoms with Crippen LogP contribution in [0.1, 0.15) is 12.0 Å². The maximum atomic E-state index is 5.75. The highest BCUT2D eigenvalue weighted by Gasteiger charge is 2.05. The Balaban J connectivity index is 2.47. The van der Waals surface area contributed by atoms with E-state index in [9.17, 15) is 0 Å². The van der Waals surface area contributed by atoms with Crippen LogP contribution >= 0.6 is 11.8 Å². The lowest BCUT2D eigenvalue weighted by atomic mass is 10.2. The van der Waals surface area contributed by atoms with E-state index in [1.165, 1.54) is 5.56 Å². The summed E-state index contributed by atoms with van der Waals surface area (Å²) in [5.74, 6) is 2.72. The van der Waals surface area contributed by atoms with E-state index >= 15 is 0 Å². The highest BCUT2D eigenvalue weighted by molar-refractivity contribution is 7.98. The van der Waals surface area contributed by atoms with Gasteiger partial charge in [-0.25, -0.2) is 0 Å². The molecule has 1 rings (SSSR count). The van der Waals surface area contributed by atoms with Crippen molar-refractivity contribution in [1.29, 1.82) is 0 Å². The van der Waals surface area contributed by atoms with Gasteiger partial charge in [0.2, 0.25) is 0 Å². The number of hydrogen-bond acceptors (Lipinski definition) is 5. The molecule has 20 heavy (non-hydrogen) atoms. The van der Waals surface area contributed by atoms with Crippen molar-refractivity contribution in [1.82, 2.24) is 5.32 Å². The molecule has 0 aliphatic rings. The Morgan fingerprint density at radius 1 is 1.15 bits per heavy atom. The number of methoxy groups -OCH3 is 2. The molecule has 1 aromatic carbocycles. The Labute approximate surface area is 126 Å². The van der Waals surface area contributed by atoms with Gasteiger partial charge in [-0.1, -0.05) is 6.07 Å². The normalized spacial score (nSPS) is 10.6. The fraction of sp³-hybridized carbons (Fsp3) is 0.600. The van der Waals surface area contributed by atoms with E-state index in [1.807, 2.05) is 23.9 Å². The van der Waals surface area contributed by atoms with Gasteiger partial charge in [-0.2, -0.15) is 11.8 Å². The van der Waals surface area contributed by atoms with Gasteiger partial charge in [0.25, 0.3) is 0 Å². The zero-order valence-electron chi connectivity index (χ0n) is 12.6. The number of rotatable bonds is 11. The van der Waals surface area contributed by atoms with Crippen molar-refractivity contribution in [2.24, 2.45) is 0 Å². The van der Waals surface area contributed by atoms with Crippen LogP contribution in [-0.2, 0) is 11.3 Å². The topological polar surface area (TPSA) is 39.7 Å². The molecule has 0 heterocycles. The lowest BCUT2D eigenvalue weighted by Crippen LogP contribution is -2.18. The number of nitrogens with one attached hydrogen (secondary N) is 1. The molecule has 0 unspecified atom stereocenters. The maximum absolute atomic E-state index is 5.75. The second kappa shape index (κ2) is 10.8. The summed E-state index contributed by atoms with van der Waals surface area (Å²) in [7, 11) is 3.38. The molecular formula is C15H25NO3S. The fourth-order valence-corrected chi connectivity index (χ4v) is 2.14. The monoisotopic (exact) mass is 299 g/mol. The molecule has 4 nitrogen and oxygen atoms in total. The SMILES string of the molecule is COCCNCc1ccc(OCCCSC)c(OC)c1. The van der Waals surface area contributed by atoms with Crippen LogP contribution in [0.3, 0.4) is 0 Å². The van der Waals surface area contributed by atoms with E-state index in [-0.39, 0.29) is 0 Å². The van der Waals surface area contributed by atoms with E-state index in [2.05, 4.69) is 17.6 Å².